The molecule has 59 heavy (non-hydrogen) atoms. The van der Waals surface area contributed by atoms with Gasteiger partial charge in [0.1, 0.15) is 29.6 Å². The molecule has 2 N–H and O–H groups in total. The molecule has 0 radical (unpaired) electrons. The van der Waals surface area contributed by atoms with E-state index in [1.165, 1.54) is 66.7 Å². The number of pyridine rings is 3. The van der Waals surface area contributed by atoms with Crippen LogP contribution in [0.5, 0.6) is 0 Å². The first-order chi connectivity index (χ1) is 28.3. The van der Waals surface area contributed by atoms with Crippen molar-refractivity contribution in [2.75, 3.05) is 4.72 Å². The minimum atomic E-state index is -4.52. The predicted molar refractivity (Wildman–Crippen MR) is 210 cm³/mol. The summed E-state index contributed by atoms with van der Waals surface area (Å²) in [7, 11) is -3.02. The molecule has 0 aliphatic heterocycles. The van der Waals surface area contributed by atoms with Crippen LogP contribution in [0.4, 0.5) is 14.5 Å². The SMILES string of the molecule is CCc1ncc(-c2ccc(S(=O)(=O)Nc3cc(F)c(C(=O)N[C@@H](Cc4ccc(-n5c(=O)c6ccncc6n(C)c5=O)cn4)C(=O)OC4CCCCC4)cc3F)nc2)cn1. The number of nitrogens with zero attached hydrogens (tertiary/aromatic N) is 7. The Kier molecular flexibility index (Phi) is 11.6. The van der Waals surface area contributed by atoms with Crippen molar-refractivity contribution in [1.29, 1.82) is 0 Å². The zero-order valence-corrected chi connectivity index (χ0v) is 32.6. The Bertz CT molecular complexity index is 2780. The van der Waals surface area contributed by atoms with E-state index in [0.29, 0.717) is 53.9 Å². The van der Waals surface area contributed by atoms with Gasteiger partial charge in [0.2, 0.25) is 0 Å². The van der Waals surface area contributed by atoms with Gasteiger partial charge in [-0.15, -0.1) is 0 Å². The summed E-state index contributed by atoms with van der Waals surface area (Å²) in [4.78, 5) is 74.1. The molecular formula is C40H37F2N9O7S. The number of hydrogen-bond donors (Lipinski definition) is 2. The standard InChI is InChI=1S/C40H37F2N9O7S/c1-3-35-45-19-24(20-46-35)23-9-12-36(47-18-23)59(56,57)49-32-17-30(41)29(16-31(32)42)37(52)48-33(39(54)58-27-7-5-4-6-8-27)15-25-10-11-26(21-44-25)51-38(53)28-13-14-43-22-34(28)50(2)40(51)55/h9-14,16-22,27,33,49H,3-8,15H2,1-2H3,(H,48,52)/t33-/m0/s1. The first kappa shape index (κ1) is 40.4. The molecule has 5 aromatic heterocycles. The molecule has 5 heterocycles. The van der Waals surface area contributed by atoms with E-state index in [9.17, 15) is 27.6 Å². The maximum atomic E-state index is 15.5. The van der Waals surface area contributed by atoms with Gasteiger partial charge >= 0.3 is 11.7 Å². The molecule has 16 nitrogen and oxygen atoms in total. The molecule has 1 aromatic carbocycles. The first-order valence-corrected chi connectivity index (χ1v) is 20.1. The number of sulfonamides is 1. The highest BCUT2D eigenvalue weighted by Crippen LogP contribution is 2.25. The van der Waals surface area contributed by atoms with E-state index < -0.39 is 73.2 Å². The molecule has 1 fully saturated rings. The monoisotopic (exact) mass is 825 g/mol. The topological polar surface area (TPSA) is 210 Å². The lowest BCUT2D eigenvalue weighted by molar-refractivity contribution is -0.152. The van der Waals surface area contributed by atoms with Crippen LogP contribution in [-0.2, 0) is 39.4 Å². The number of fused-ring (bicyclic) bond motifs is 1. The summed E-state index contributed by atoms with van der Waals surface area (Å²) >= 11 is 0. The van der Waals surface area contributed by atoms with E-state index in [-0.39, 0.29) is 23.2 Å². The zero-order valence-electron chi connectivity index (χ0n) is 31.8. The largest absolute Gasteiger partial charge is 0.461 e. The van der Waals surface area contributed by atoms with Crippen LogP contribution >= 0.6 is 0 Å². The van der Waals surface area contributed by atoms with Gasteiger partial charge in [0, 0.05) is 67.6 Å². The Morgan fingerprint density at radius 2 is 1.64 bits per heavy atom. The second-order valence-electron chi connectivity index (χ2n) is 13.9. The van der Waals surface area contributed by atoms with Crippen LogP contribution < -0.4 is 21.3 Å². The molecule has 1 aliphatic carbocycles. The van der Waals surface area contributed by atoms with Crippen LogP contribution in [0.3, 0.4) is 0 Å². The Morgan fingerprint density at radius 1 is 0.898 bits per heavy atom. The molecule has 0 unspecified atom stereocenters. The Morgan fingerprint density at radius 3 is 2.32 bits per heavy atom. The number of hydrogen-bond acceptors (Lipinski definition) is 12. The summed E-state index contributed by atoms with van der Waals surface area (Å²) in [6.45, 7) is 1.90. The Labute approximate surface area is 335 Å². The number of aromatic nitrogens is 7. The van der Waals surface area contributed by atoms with Crippen LogP contribution in [0.25, 0.3) is 27.7 Å². The molecule has 0 saturated heterocycles. The minimum absolute atomic E-state index is 0.136. The van der Waals surface area contributed by atoms with Crippen molar-refractivity contribution < 1.29 is 31.5 Å². The molecule has 1 aliphatic rings. The smallest absolute Gasteiger partial charge is 0.335 e. The van der Waals surface area contributed by atoms with Crippen LogP contribution in [0.15, 0.2) is 94.3 Å². The van der Waals surface area contributed by atoms with Gasteiger partial charge in [-0.1, -0.05) is 13.3 Å². The van der Waals surface area contributed by atoms with Gasteiger partial charge in [-0.2, -0.15) is 8.42 Å². The maximum absolute atomic E-state index is 15.5. The third-order valence-electron chi connectivity index (χ3n) is 9.89. The second-order valence-corrected chi connectivity index (χ2v) is 15.5. The van der Waals surface area contributed by atoms with Crippen LogP contribution in [0.1, 0.15) is 60.9 Å². The summed E-state index contributed by atoms with van der Waals surface area (Å²) < 4.78 is 67.1. The number of ether oxygens (including phenoxy) is 1. The van der Waals surface area contributed by atoms with Gasteiger partial charge < -0.3 is 10.1 Å². The third kappa shape index (κ3) is 8.74. The average molecular weight is 826 g/mol. The maximum Gasteiger partial charge on any atom is 0.335 e. The molecule has 304 valence electrons. The van der Waals surface area contributed by atoms with Crippen molar-refractivity contribution in [3.63, 3.8) is 0 Å². The second kappa shape index (κ2) is 17.0. The number of amides is 1. The molecule has 0 spiro atoms. The summed E-state index contributed by atoms with van der Waals surface area (Å²) in [5.41, 5.74) is -1.01. The molecule has 1 amide bonds. The summed E-state index contributed by atoms with van der Waals surface area (Å²) in [6, 6.07) is 6.61. The molecule has 1 saturated carbocycles. The number of anilines is 1. The van der Waals surface area contributed by atoms with Gasteiger partial charge in [-0.3, -0.25) is 28.8 Å². The van der Waals surface area contributed by atoms with E-state index in [0.717, 1.165) is 23.8 Å². The summed E-state index contributed by atoms with van der Waals surface area (Å²) in [5, 5.41) is 2.18. The van der Waals surface area contributed by atoms with Gasteiger partial charge in [0.25, 0.3) is 21.5 Å². The van der Waals surface area contributed by atoms with E-state index in [2.05, 4.69) is 30.2 Å². The lowest BCUT2D eigenvalue weighted by Gasteiger charge is -2.25. The predicted octanol–water partition coefficient (Wildman–Crippen LogP) is 4.19. The quantitative estimate of drug-likeness (QED) is 0.167. The van der Waals surface area contributed by atoms with Crippen molar-refractivity contribution in [3.8, 4) is 16.8 Å². The van der Waals surface area contributed by atoms with E-state index in [1.807, 2.05) is 11.6 Å². The van der Waals surface area contributed by atoms with Gasteiger partial charge in [-0.25, -0.2) is 37.9 Å². The number of esters is 1. The van der Waals surface area contributed by atoms with Crippen molar-refractivity contribution >= 4 is 38.5 Å². The number of carbonyl (C=O) groups is 2. The molecule has 19 heteroatoms. The summed E-state index contributed by atoms with van der Waals surface area (Å²) in [6.07, 6.45) is 12.4. The lowest BCUT2D eigenvalue weighted by atomic mass is 9.97. The molecule has 0 bridgehead atoms. The van der Waals surface area contributed by atoms with Crippen molar-refractivity contribution in [2.24, 2.45) is 7.05 Å². The van der Waals surface area contributed by atoms with E-state index in [4.69, 9.17) is 4.74 Å². The van der Waals surface area contributed by atoms with Gasteiger partial charge in [0.15, 0.2) is 5.03 Å². The molecular weight excluding hydrogens is 789 g/mol. The zero-order chi connectivity index (χ0) is 41.8. The minimum Gasteiger partial charge on any atom is -0.461 e. The van der Waals surface area contributed by atoms with E-state index in [1.54, 1.807) is 12.4 Å². The fourth-order valence-electron chi connectivity index (χ4n) is 6.65. The number of aryl methyl sites for hydroxylation is 2. The fourth-order valence-corrected chi connectivity index (χ4v) is 7.64. The van der Waals surface area contributed by atoms with E-state index >= 15 is 8.78 Å². The van der Waals surface area contributed by atoms with Crippen molar-refractivity contribution in [3.05, 3.63) is 129 Å². The lowest BCUT2D eigenvalue weighted by Crippen LogP contribution is -2.45. The Balaban J connectivity index is 1.09. The third-order valence-corrected chi connectivity index (χ3v) is 11.2. The highest BCUT2D eigenvalue weighted by molar-refractivity contribution is 7.92. The van der Waals surface area contributed by atoms with Crippen LogP contribution in [0, 0.1) is 11.6 Å². The molecule has 7 rings (SSSR count). The number of nitrogens with one attached hydrogen (secondary N) is 2. The normalized spacial score (nSPS) is 13.8. The Hall–Kier alpha value is -6.76. The van der Waals surface area contributed by atoms with Gasteiger partial charge in [-0.05, 0) is 62.1 Å². The number of carbonyl (C=O) groups excluding carboxylic acids is 2. The molecule has 6 aromatic rings. The number of rotatable bonds is 12. The summed E-state index contributed by atoms with van der Waals surface area (Å²) in [5.74, 6) is -3.97. The first-order valence-electron chi connectivity index (χ1n) is 18.6. The average Bonchev–Trinajstić information content (AvgIpc) is 3.24. The van der Waals surface area contributed by atoms with Crippen LogP contribution in [0.2, 0.25) is 0 Å². The number of benzene rings is 1. The van der Waals surface area contributed by atoms with Crippen LogP contribution in [-0.4, -0.2) is 66.5 Å². The highest BCUT2D eigenvalue weighted by atomic mass is 32.2. The fraction of sp³-hybridized carbons (Fsp3) is 0.275. The van der Waals surface area contributed by atoms with Gasteiger partial charge in [0.05, 0.1) is 40.2 Å². The molecule has 1 atom stereocenters. The van der Waals surface area contributed by atoms with Crippen molar-refractivity contribution in [1.82, 2.24) is 39.4 Å². The van der Waals surface area contributed by atoms with Crippen molar-refractivity contribution in [2.45, 2.75) is 69.0 Å². The number of halogens is 2. The highest BCUT2D eigenvalue weighted by Gasteiger charge is 2.30.